The molecular formula is C24H23N7OS. The van der Waals surface area contributed by atoms with Crippen LogP contribution in [0.4, 0.5) is 11.1 Å². The molecule has 0 saturated heterocycles. The van der Waals surface area contributed by atoms with Gasteiger partial charge in [-0.15, -0.1) is 11.3 Å². The molecule has 4 aromatic rings. The lowest BCUT2D eigenvalue weighted by atomic mass is 9.99. The molecule has 166 valence electrons. The number of rotatable bonds is 5. The van der Waals surface area contributed by atoms with E-state index in [2.05, 4.69) is 94.3 Å². The van der Waals surface area contributed by atoms with Crippen molar-refractivity contribution in [1.82, 2.24) is 25.2 Å². The van der Waals surface area contributed by atoms with Gasteiger partial charge in [-0.3, -0.25) is 9.69 Å². The third-order valence-electron chi connectivity index (χ3n) is 5.52. The van der Waals surface area contributed by atoms with Gasteiger partial charge in [0.15, 0.2) is 5.13 Å². The molecule has 0 unspecified atom stereocenters. The molecule has 2 aromatic heterocycles. The third kappa shape index (κ3) is 4.27. The molecule has 1 aliphatic heterocycles. The van der Waals surface area contributed by atoms with Crippen LogP contribution in [-0.4, -0.2) is 37.6 Å². The zero-order chi connectivity index (χ0) is 22.9. The van der Waals surface area contributed by atoms with Crippen molar-refractivity contribution in [1.29, 1.82) is 0 Å². The Morgan fingerprint density at radius 2 is 1.73 bits per heavy atom. The van der Waals surface area contributed by atoms with E-state index in [1.54, 1.807) is 10.9 Å². The lowest BCUT2D eigenvalue weighted by Gasteiger charge is -2.32. The van der Waals surface area contributed by atoms with E-state index in [1.165, 1.54) is 22.5 Å². The zero-order valence-corrected chi connectivity index (χ0v) is 19.4. The quantitative estimate of drug-likeness (QED) is 0.484. The van der Waals surface area contributed by atoms with Crippen molar-refractivity contribution in [2.24, 2.45) is 0 Å². The summed E-state index contributed by atoms with van der Waals surface area (Å²) in [6.07, 6.45) is 3.85. The van der Waals surface area contributed by atoms with Crippen LogP contribution in [0.5, 0.6) is 0 Å². The van der Waals surface area contributed by atoms with E-state index in [-0.39, 0.29) is 18.5 Å². The Morgan fingerprint density at radius 1 is 1.03 bits per heavy atom. The highest BCUT2D eigenvalue weighted by Gasteiger charge is 2.32. The second-order valence-corrected chi connectivity index (χ2v) is 9.34. The highest BCUT2D eigenvalue weighted by molar-refractivity contribution is 7.15. The van der Waals surface area contributed by atoms with Gasteiger partial charge < -0.3 is 5.32 Å². The van der Waals surface area contributed by atoms with Crippen molar-refractivity contribution >= 4 is 34.0 Å². The zero-order valence-electron chi connectivity index (χ0n) is 18.6. The van der Waals surface area contributed by atoms with Gasteiger partial charge in [0.1, 0.15) is 12.6 Å². The number of anilines is 2. The van der Waals surface area contributed by atoms with Gasteiger partial charge in [0.05, 0.1) is 5.70 Å². The first-order valence-corrected chi connectivity index (χ1v) is 11.4. The van der Waals surface area contributed by atoms with E-state index < -0.39 is 0 Å². The summed E-state index contributed by atoms with van der Waals surface area (Å²) >= 11 is 1.44. The first kappa shape index (κ1) is 21.0. The Bertz CT molecular complexity index is 1320. The standard InChI is InChI=1S/C24H23N7OS/c1-15-4-8-18(9-5-15)20-12-21(19-10-6-16(2)7-11-19)31-24(27-28-29-31)30(20)14-22(32)26-23-25-13-17(3)33-23/h4-13,21H,14H2,1-3H3,(H,25,26,32)/t21-/m0/s1. The molecule has 2 aromatic carbocycles. The third-order valence-corrected chi connectivity index (χ3v) is 6.35. The summed E-state index contributed by atoms with van der Waals surface area (Å²) in [7, 11) is 0. The molecule has 5 rings (SSSR count). The number of allylic oxidation sites excluding steroid dienone is 1. The number of carbonyl (C=O) groups is 1. The van der Waals surface area contributed by atoms with Crippen LogP contribution >= 0.6 is 11.3 Å². The van der Waals surface area contributed by atoms with Crippen molar-refractivity contribution in [3.05, 3.63) is 87.9 Å². The van der Waals surface area contributed by atoms with Gasteiger partial charge >= 0.3 is 0 Å². The molecule has 1 atom stereocenters. The molecule has 1 N–H and O–H groups in total. The monoisotopic (exact) mass is 457 g/mol. The van der Waals surface area contributed by atoms with Crippen LogP contribution < -0.4 is 10.2 Å². The average Bonchev–Trinajstić information content (AvgIpc) is 3.44. The number of nitrogens with zero attached hydrogens (tertiary/aromatic N) is 6. The number of aryl methyl sites for hydroxylation is 3. The van der Waals surface area contributed by atoms with Crippen molar-refractivity contribution < 1.29 is 4.79 Å². The maximum Gasteiger partial charge on any atom is 0.251 e. The van der Waals surface area contributed by atoms with Crippen LogP contribution in [0.15, 0.2) is 60.8 Å². The van der Waals surface area contributed by atoms with Crippen molar-refractivity contribution in [3.63, 3.8) is 0 Å². The minimum absolute atomic E-state index is 0.0549. The second-order valence-electron chi connectivity index (χ2n) is 8.11. The first-order chi connectivity index (χ1) is 16.0. The van der Waals surface area contributed by atoms with Crippen LogP contribution in [0, 0.1) is 20.8 Å². The largest absolute Gasteiger partial charge is 0.300 e. The lowest BCUT2D eigenvalue weighted by molar-refractivity contribution is -0.114. The highest BCUT2D eigenvalue weighted by Crippen LogP contribution is 2.36. The van der Waals surface area contributed by atoms with E-state index in [1.807, 2.05) is 11.8 Å². The molecule has 0 bridgehead atoms. The number of hydrogen-bond donors (Lipinski definition) is 1. The predicted octanol–water partition coefficient (Wildman–Crippen LogP) is 4.14. The van der Waals surface area contributed by atoms with Crippen LogP contribution in [0.2, 0.25) is 0 Å². The molecule has 0 fully saturated rings. The molecular weight excluding hydrogens is 434 g/mol. The second kappa shape index (κ2) is 8.59. The number of carbonyl (C=O) groups excluding carboxylic acids is 1. The van der Waals surface area contributed by atoms with Gasteiger partial charge in [-0.2, -0.15) is 4.68 Å². The number of fused-ring (bicyclic) bond motifs is 1. The molecule has 0 saturated carbocycles. The van der Waals surface area contributed by atoms with E-state index in [0.29, 0.717) is 11.1 Å². The summed E-state index contributed by atoms with van der Waals surface area (Å²) < 4.78 is 1.75. The fraction of sp³-hybridized carbons (Fsp3) is 0.208. The molecule has 1 aliphatic rings. The number of hydrogen-bond acceptors (Lipinski definition) is 7. The van der Waals surface area contributed by atoms with Gasteiger partial charge in [-0.25, -0.2) is 4.98 Å². The summed E-state index contributed by atoms with van der Waals surface area (Å²) in [4.78, 5) is 20.1. The van der Waals surface area contributed by atoms with Gasteiger partial charge in [0.2, 0.25) is 5.91 Å². The molecule has 1 amide bonds. The van der Waals surface area contributed by atoms with Gasteiger partial charge in [-0.1, -0.05) is 64.8 Å². The molecule has 0 aliphatic carbocycles. The number of benzene rings is 2. The number of tetrazole rings is 1. The van der Waals surface area contributed by atoms with E-state index in [9.17, 15) is 4.79 Å². The number of amides is 1. The number of thiazole rings is 1. The fourth-order valence-electron chi connectivity index (χ4n) is 3.81. The normalized spacial score (nSPS) is 15.2. The summed E-state index contributed by atoms with van der Waals surface area (Å²) in [5.41, 5.74) is 5.29. The Balaban J connectivity index is 1.54. The fourth-order valence-corrected chi connectivity index (χ4v) is 4.49. The summed E-state index contributed by atoms with van der Waals surface area (Å²) in [6, 6.07) is 16.4. The van der Waals surface area contributed by atoms with E-state index in [4.69, 9.17) is 0 Å². The smallest absolute Gasteiger partial charge is 0.251 e. The summed E-state index contributed by atoms with van der Waals surface area (Å²) in [5.74, 6) is 0.329. The SMILES string of the molecule is Cc1ccc(C2=C[C@@H](c3ccc(C)cc3)n3nnnc3N2CC(=O)Nc2ncc(C)s2)cc1. The molecule has 3 heterocycles. The highest BCUT2D eigenvalue weighted by atomic mass is 32.1. The van der Waals surface area contributed by atoms with Crippen LogP contribution in [-0.2, 0) is 4.79 Å². The molecule has 8 nitrogen and oxygen atoms in total. The van der Waals surface area contributed by atoms with Gasteiger partial charge in [0.25, 0.3) is 5.95 Å². The maximum absolute atomic E-state index is 13.0. The first-order valence-electron chi connectivity index (χ1n) is 10.6. The topological polar surface area (TPSA) is 88.8 Å². The number of nitrogens with one attached hydrogen (secondary N) is 1. The molecule has 9 heteroatoms. The Labute approximate surface area is 195 Å². The van der Waals surface area contributed by atoms with Crippen molar-refractivity contribution in [3.8, 4) is 0 Å². The molecule has 33 heavy (non-hydrogen) atoms. The Hall–Kier alpha value is -3.85. The Kier molecular flexibility index (Phi) is 5.47. The van der Waals surface area contributed by atoms with Crippen molar-refractivity contribution in [2.45, 2.75) is 26.8 Å². The van der Waals surface area contributed by atoms with Gasteiger partial charge in [-0.05, 0) is 48.4 Å². The summed E-state index contributed by atoms with van der Waals surface area (Å²) in [6.45, 7) is 6.12. The average molecular weight is 458 g/mol. The predicted molar refractivity (Wildman–Crippen MR) is 129 cm³/mol. The van der Waals surface area contributed by atoms with Crippen LogP contribution in [0.3, 0.4) is 0 Å². The lowest BCUT2D eigenvalue weighted by Crippen LogP contribution is -2.37. The Morgan fingerprint density at radius 3 is 2.39 bits per heavy atom. The van der Waals surface area contributed by atoms with Crippen LogP contribution in [0.25, 0.3) is 5.70 Å². The molecule has 0 spiro atoms. The minimum Gasteiger partial charge on any atom is -0.300 e. The van der Waals surface area contributed by atoms with Crippen LogP contribution in [0.1, 0.15) is 33.2 Å². The minimum atomic E-state index is -0.189. The van der Waals surface area contributed by atoms with E-state index in [0.717, 1.165) is 21.7 Å². The van der Waals surface area contributed by atoms with Gasteiger partial charge in [0, 0.05) is 11.1 Å². The maximum atomic E-state index is 13.0. The number of aromatic nitrogens is 5. The molecule has 0 radical (unpaired) electrons. The van der Waals surface area contributed by atoms with Crippen molar-refractivity contribution in [2.75, 3.05) is 16.8 Å². The van der Waals surface area contributed by atoms with E-state index >= 15 is 0 Å². The summed E-state index contributed by atoms with van der Waals surface area (Å²) in [5, 5.41) is 15.9.